The molecule has 1 heterocycles. The third kappa shape index (κ3) is 4.71. The molecule has 0 amide bonds. The predicted octanol–water partition coefficient (Wildman–Crippen LogP) is 1.76. The minimum absolute atomic E-state index is 0.274. The van der Waals surface area contributed by atoms with Gasteiger partial charge in [0, 0.05) is 31.7 Å². The summed E-state index contributed by atoms with van der Waals surface area (Å²) < 4.78 is 24.0. The van der Waals surface area contributed by atoms with Crippen LogP contribution in [0.1, 0.15) is 41.5 Å². The lowest BCUT2D eigenvalue weighted by Gasteiger charge is -2.43. The first-order chi connectivity index (χ1) is 9.15. The van der Waals surface area contributed by atoms with Crippen LogP contribution in [0.25, 0.3) is 0 Å². The van der Waals surface area contributed by atoms with Crippen molar-refractivity contribution >= 4 is 9.84 Å². The molecule has 0 aromatic carbocycles. The van der Waals surface area contributed by atoms with Gasteiger partial charge in [0.25, 0.3) is 0 Å². The van der Waals surface area contributed by atoms with E-state index in [4.69, 9.17) is 0 Å². The minimum Gasteiger partial charge on any atom is -0.311 e. The fraction of sp³-hybridized carbons (Fsp3) is 1.00. The summed E-state index contributed by atoms with van der Waals surface area (Å²) in [5.41, 5.74) is 0. The van der Waals surface area contributed by atoms with Gasteiger partial charge in [-0.15, -0.1) is 0 Å². The quantitative estimate of drug-likeness (QED) is 0.812. The molecule has 0 aromatic rings. The molecule has 0 aromatic heterocycles. The van der Waals surface area contributed by atoms with E-state index in [1.165, 1.54) is 0 Å². The van der Waals surface area contributed by atoms with E-state index in [0.29, 0.717) is 30.5 Å². The van der Waals surface area contributed by atoms with Crippen LogP contribution in [0, 0.1) is 11.8 Å². The molecule has 0 spiro atoms. The van der Waals surface area contributed by atoms with Gasteiger partial charge in [-0.3, -0.25) is 4.90 Å². The first-order valence-corrected chi connectivity index (χ1v) is 9.55. The topological polar surface area (TPSA) is 49.4 Å². The van der Waals surface area contributed by atoms with Crippen LogP contribution >= 0.6 is 0 Å². The molecule has 5 heteroatoms. The van der Waals surface area contributed by atoms with E-state index in [1.54, 1.807) is 13.8 Å². The third-order valence-corrected chi connectivity index (χ3v) is 6.63. The van der Waals surface area contributed by atoms with Gasteiger partial charge in [-0.25, -0.2) is 8.42 Å². The molecule has 1 N–H and O–H groups in total. The molecule has 20 heavy (non-hydrogen) atoms. The number of hydrogen-bond acceptors (Lipinski definition) is 4. The summed E-state index contributed by atoms with van der Waals surface area (Å²) in [5.74, 6) is 1.39. The van der Waals surface area contributed by atoms with Gasteiger partial charge in [-0.1, -0.05) is 27.7 Å². The Morgan fingerprint density at radius 2 is 1.70 bits per heavy atom. The van der Waals surface area contributed by atoms with Gasteiger partial charge in [0.1, 0.15) is 0 Å². The molecule has 1 rings (SSSR count). The number of piperazine rings is 1. The molecule has 0 saturated carbocycles. The van der Waals surface area contributed by atoms with Gasteiger partial charge in [0.15, 0.2) is 9.84 Å². The zero-order chi connectivity index (χ0) is 15.5. The summed E-state index contributed by atoms with van der Waals surface area (Å²) in [6, 6.07) is 0.902. The Bertz CT molecular complexity index is 391. The van der Waals surface area contributed by atoms with Gasteiger partial charge in [-0.05, 0) is 25.7 Å². The number of hydrogen-bond donors (Lipinski definition) is 1. The van der Waals surface area contributed by atoms with Crippen molar-refractivity contribution in [2.75, 3.05) is 25.4 Å². The third-order valence-electron chi connectivity index (χ3n) is 4.44. The summed E-state index contributed by atoms with van der Waals surface area (Å²) >= 11 is 0. The second kappa shape index (κ2) is 7.23. The monoisotopic (exact) mass is 304 g/mol. The zero-order valence-electron chi connectivity index (χ0n) is 13.9. The molecule has 2 atom stereocenters. The lowest BCUT2D eigenvalue weighted by Crippen LogP contribution is -2.60. The fourth-order valence-corrected chi connectivity index (χ4v) is 3.66. The molecular weight excluding hydrogens is 272 g/mol. The van der Waals surface area contributed by atoms with Crippen LogP contribution in [-0.2, 0) is 9.84 Å². The van der Waals surface area contributed by atoms with Crippen LogP contribution in [0.2, 0.25) is 0 Å². The Labute approximate surface area is 125 Å². The summed E-state index contributed by atoms with van der Waals surface area (Å²) in [6.07, 6.45) is 0. The highest BCUT2D eigenvalue weighted by Gasteiger charge is 2.31. The molecule has 1 aliphatic rings. The standard InChI is InChI=1S/C15H32N2O2S/c1-11(2)14-10-17(15(9-16-14)12(3)4)7-8-20(18,19)13(5)6/h11-16H,7-10H2,1-6H3. The molecule has 120 valence electrons. The van der Waals surface area contributed by atoms with Crippen molar-refractivity contribution in [2.45, 2.75) is 58.9 Å². The Hall–Kier alpha value is -0.130. The van der Waals surface area contributed by atoms with Crippen LogP contribution in [0.3, 0.4) is 0 Å². The maximum absolute atomic E-state index is 12.0. The van der Waals surface area contributed by atoms with E-state index in [1.807, 2.05) is 0 Å². The van der Waals surface area contributed by atoms with E-state index >= 15 is 0 Å². The molecule has 0 aliphatic carbocycles. The van der Waals surface area contributed by atoms with E-state index in [0.717, 1.165) is 13.1 Å². The fourth-order valence-electron chi connectivity index (χ4n) is 2.69. The SMILES string of the molecule is CC(C)C1CN(CCS(=O)(=O)C(C)C)C(C(C)C)CN1. The number of nitrogens with one attached hydrogen (secondary N) is 1. The Kier molecular flexibility index (Phi) is 6.48. The van der Waals surface area contributed by atoms with Crippen molar-refractivity contribution in [3.8, 4) is 0 Å². The van der Waals surface area contributed by atoms with E-state index in [9.17, 15) is 8.42 Å². The zero-order valence-corrected chi connectivity index (χ0v) is 14.7. The van der Waals surface area contributed by atoms with Crippen molar-refractivity contribution in [3.63, 3.8) is 0 Å². The molecular formula is C15H32N2O2S. The van der Waals surface area contributed by atoms with Crippen LogP contribution in [0.15, 0.2) is 0 Å². The second-order valence-electron chi connectivity index (χ2n) is 6.98. The van der Waals surface area contributed by atoms with Crippen molar-refractivity contribution in [2.24, 2.45) is 11.8 Å². The minimum atomic E-state index is -2.95. The summed E-state index contributed by atoms with van der Waals surface area (Å²) in [5, 5.41) is 3.33. The highest BCUT2D eigenvalue weighted by Crippen LogP contribution is 2.18. The molecule has 1 aliphatic heterocycles. The summed E-state index contributed by atoms with van der Waals surface area (Å²) in [4.78, 5) is 2.38. The molecule has 4 nitrogen and oxygen atoms in total. The number of rotatable bonds is 6. The normalized spacial score (nSPS) is 25.9. The Morgan fingerprint density at radius 3 is 2.15 bits per heavy atom. The van der Waals surface area contributed by atoms with E-state index in [2.05, 4.69) is 37.9 Å². The molecule has 1 saturated heterocycles. The molecule has 2 unspecified atom stereocenters. The van der Waals surface area contributed by atoms with Gasteiger partial charge in [0.2, 0.25) is 0 Å². The van der Waals surface area contributed by atoms with Crippen molar-refractivity contribution in [3.05, 3.63) is 0 Å². The lowest BCUT2D eigenvalue weighted by atomic mass is 9.94. The van der Waals surface area contributed by atoms with Crippen molar-refractivity contribution < 1.29 is 8.42 Å². The first kappa shape index (κ1) is 17.9. The summed E-state index contributed by atoms with van der Waals surface area (Å²) in [7, 11) is -2.95. The predicted molar refractivity (Wildman–Crippen MR) is 85.8 cm³/mol. The second-order valence-corrected chi connectivity index (χ2v) is 9.66. The van der Waals surface area contributed by atoms with Crippen LogP contribution < -0.4 is 5.32 Å². The van der Waals surface area contributed by atoms with Gasteiger partial charge >= 0.3 is 0 Å². The summed E-state index contributed by atoms with van der Waals surface area (Å²) in [6.45, 7) is 15.0. The molecule has 1 fully saturated rings. The smallest absolute Gasteiger partial charge is 0.153 e. The van der Waals surface area contributed by atoms with Crippen LogP contribution in [0.4, 0.5) is 0 Å². The van der Waals surface area contributed by atoms with E-state index < -0.39 is 9.84 Å². The van der Waals surface area contributed by atoms with Crippen molar-refractivity contribution in [1.82, 2.24) is 10.2 Å². The average Bonchev–Trinajstić information content (AvgIpc) is 2.35. The van der Waals surface area contributed by atoms with Crippen molar-refractivity contribution in [1.29, 1.82) is 0 Å². The maximum atomic E-state index is 12.0. The Morgan fingerprint density at radius 1 is 1.10 bits per heavy atom. The lowest BCUT2D eigenvalue weighted by molar-refractivity contribution is 0.0913. The van der Waals surface area contributed by atoms with Crippen LogP contribution in [0.5, 0.6) is 0 Å². The Balaban J connectivity index is 2.70. The number of nitrogens with zero attached hydrogens (tertiary/aromatic N) is 1. The highest BCUT2D eigenvalue weighted by molar-refractivity contribution is 7.92. The van der Waals surface area contributed by atoms with E-state index in [-0.39, 0.29) is 11.0 Å². The highest BCUT2D eigenvalue weighted by atomic mass is 32.2. The number of sulfone groups is 1. The van der Waals surface area contributed by atoms with Gasteiger partial charge in [0.05, 0.1) is 11.0 Å². The first-order valence-electron chi connectivity index (χ1n) is 7.84. The molecule has 0 radical (unpaired) electrons. The van der Waals surface area contributed by atoms with Gasteiger partial charge < -0.3 is 5.32 Å². The largest absolute Gasteiger partial charge is 0.311 e. The van der Waals surface area contributed by atoms with Gasteiger partial charge in [-0.2, -0.15) is 0 Å². The van der Waals surface area contributed by atoms with Crippen LogP contribution in [-0.4, -0.2) is 56.0 Å². The molecule has 0 bridgehead atoms. The average molecular weight is 305 g/mol. The maximum Gasteiger partial charge on any atom is 0.153 e.